The van der Waals surface area contributed by atoms with Crippen molar-refractivity contribution in [2.75, 3.05) is 5.32 Å². The maximum absolute atomic E-state index is 12.7. The molecular formula is C19H15ClN4O4. The number of carbonyl (C=O) groups is 4. The monoisotopic (exact) mass is 398 g/mol. The number of rotatable bonds is 3. The number of benzene rings is 1. The van der Waals surface area contributed by atoms with Gasteiger partial charge in [-0.25, -0.2) is 4.98 Å². The number of carbonyl (C=O) groups excluding carboxylic acids is 4. The van der Waals surface area contributed by atoms with Gasteiger partial charge < -0.3 is 10.2 Å². The van der Waals surface area contributed by atoms with Gasteiger partial charge in [0.1, 0.15) is 11.7 Å². The Labute approximate surface area is 164 Å². The van der Waals surface area contributed by atoms with Crippen LogP contribution < -0.4 is 10.6 Å². The number of hydrogen-bond acceptors (Lipinski definition) is 5. The highest BCUT2D eigenvalue weighted by molar-refractivity contribution is 6.34. The number of halogens is 1. The Hall–Kier alpha value is -3.26. The molecule has 4 amide bonds. The zero-order valence-electron chi connectivity index (χ0n) is 14.6. The molecule has 4 rings (SSSR count). The molecule has 8 nitrogen and oxygen atoms in total. The van der Waals surface area contributed by atoms with Crippen molar-refractivity contribution < 1.29 is 19.2 Å². The number of imide groups is 1. The Kier molecular flexibility index (Phi) is 4.56. The molecule has 1 saturated heterocycles. The first-order valence-electron chi connectivity index (χ1n) is 8.63. The van der Waals surface area contributed by atoms with Crippen LogP contribution in [0, 0.1) is 0 Å². The average molecular weight is 399 g/mol. The van der Waals surface area contributed by atoms with Crippen LogP contribution in [-0.2, 0) is 16.1 Å². The lowest BCUT2D eigenvalue weighted by atomic mass is 10.0. The summed E-state index contributed by atoms with van der Waals surface area (Å²) in [5.41, 5.74) is 1.76. The van der Waals surface area contributed by atoms with Gasteiger partial charge in [0.15, 0.2) is 0 Å². The zero-order valence-corrected chi connectivity index (χ0v) is 15.3. The minimum atomic E-state index is -0.678. The van der Waals surface area contributed by atoms with Gasteiger partial charge in [-0.1, -0.05) is 11.6 Å². The summed E-state index contributed by atoms with van der Waals surface area (Å²) in [7, 11) is 0. The molecule has 2 N–H and O–H groups in total. The Morgan fingerprint density at radius 1 is 1.25 bits per heavy atom. The molecule has 3 heterocycles. The average Bonchev–Trinajstić information content (AvgIpc) is 2.98. The molecule has 1 unspecified atom stereocenters. The van der Waals surface area contributed by atoms with E-state index >= 15 is 0 Å². The second-order valence-corrected chi connectivity index (χ2v) is 6.97. The van der Waals surface area contributed by atoms with Gasteiger partial charge in [0, 0.05) is 30.4 Å². The van der Waals surface area contributed by atoms with Crippen LogP contribution in [-0.4, -0.2) is 39.6 Å². The summed E-state index contributed by atoms with van der Waals surface area (Å²) >= 11 is 5.99. The maximum atomic E-state index is 12.7. The van der Waals surface area contributed by atoms with Crippen LogP contribution in [0.25, 0.3) is 0 Å². The van der Waals surface area contributed by atoms with E-state index in [2.05, 4.69) is 15.6 Å². The van der Waals surface area contributed by atoms with Gasteiger partial charge in [-0.3, -0.25) is 24.5 Å². The molecule has 1 aromatic heterocycles. The van der Waals surface area contributed by atoms with E-state index in [0.717, 1.165) is 0 Å². The van der Waals surface area contributed by atoms with Gasteiger partial charge in [0.2, 0.25) is 11.8 Å². The van der Waals surface area contributed by atoms with Crippen LogP contribution in [0.5, 0.6) is 0 Å². The van der Waals surface area contributed by atoms with Crippen molar-refractivity contribution in [1.29, 1.82) is 0 Å². The van der Waals surface area contributed by atoms with E-state index < -0.39 is 17.9 Å². The van der Waals surface area contributed by atoms with Crippen LogP contribution >= 0.6 is 11.6 Å². The van der Waals surface area contributed by atoms with Crippen molar-refractivity contribution >= 4 is 40.9 Å². The highest BCUT2D eigenvalue weighted by Gasteiger charge is 2.39. The van der Waals surface area contributed by atoms with Gasteiger partial charge in [-0.2, -0.15) is 0 Å². The van der Waals surface area contributed by atoms with E-state index in [0.29, 0.717) is 23.2 Å². The summed E-state index contributed by atoms with van der Waals surface area (Å²) in [5.74, 6) is -1.52. The number of pyridine rings is 1. The lowest BCUT2D eigenvalue weighted by molar-refractivity contribution is -0.136. The Balaban J connectivity index is 1.53. The van der Waals surface area contributed by atoms with E-state index in [9.17, 15) is 19.2 Å². The van der Waals surface area contributed by atoms with Crippen molar-refractivity contribution in [2.24, 2.45) is 0 Å². The minimum absolute atomic E-state index is 0.103. The third-order valence-corrected chi connectivity index (χ3v) is 5.06. The third kappa shape index (κ3) is 3.22. The van der Waals surface area contributed by atoms with Crippen molar-refractivity contribution in [3.05, 3.63) is 58.4 Å². The number of nitrogens with one attached hydrogen (secondary N) is 2. The molecule has 0 saturated carbocycles. The first-order valence-corrected chi connectivity index (χ1v) is 9.01. The normalized spacial score (nSPS) is 18.7. The Bertz CT molecular complexity index is 1020. The topological polar surface area (TPSA) is 108 Å². The number of nitrogens with zero attached hydrogens (tertiary/aromatic N) is 2. The number of fused-ring (bicyclic) bond motifs is 1. The second kappa shape index (κ2) is 7.05. The molecule has 0 radical (unpaired) electrons. The van der Waals surface area contributed by atoms with Crippen LogP contribution in [0.3, 0.4) is 0 Å². The second-order valence-electron chi connectivity index (χ2n) is 6.56. The molecule has 0 spiro atoms. The van der Waals surface area contributed by atoms with Crippen molar-refractivity contribution in [3.8, 4) is 0 Å². The first kappa shape index (κ1) is 18.1. The third-order valence-electron chi connectivity index (χ3n) is 4.75. The number of aromatic nitrogens is 1. The van der Waals surface area contributed by atoms with E-state index in [1.807, 2.05) is 0 Å². The molecule has 2 aliphatic heterocycles. The van der Waals surface area contributed by atoms with Gasteiger partial charge in [-0.05, 0) is 42.3 Å². The van der Waals surface area contributed by atoms with E-state index in [-0.39, 0.29) is 35.5 Å². The quantitative estimate of drug-likeness (QED) is 0.765. The summed E-state index contributed by atoms with van der Waals surface area (Å²) in [6, 6.07) is 7.43. The van der Waals surface area contributed by atoms with Crippen LogP contribution in [0.4, 0.5) is 5.69 Å². The minimum Gasteiger partial charge on any atom is -0.322 e. The molecule has 1 fully saturated rings. The molecule has 142 valence electrons. The summed E-state index contributed by atoms with van der Waals surface area (Å²) in [4.78, 5) is 53.9. The first-order chi connectivity index (χ1) is 13.4. The van der Waals surface area contributed by atoms with Crippen LogP contribution in [0.15, 0.2) is 36.5 Å². The molecule has 9 heteroatoms. The molecule has 28 heavy (non-hydrogen) atoms. The molecule has 0 aliphatic carbocycles. The molecular weight excluding hydrogens is 384 g/mol. The molecule has 2 aliphatic rings. The van der Waals surface area contributed by atoms with Crippen molar-refractivity contribution in [1.82, 2.24) is 15.2 Å². The fourth-order valence-corrected chi connectivity index (χ4v) is 3.60. The van der Waals surface area contributed by atoms with Gasteiger partial charge >= 0.3 is 0 Å². The van der Waals surface area contributed by atoms with Gasteiger partial charge in [0.05, 0.1) is 5.02 Å². The number of hydrogen-bond donors (Lipinski definition) is 2. The summed E-state index contributed by atoms with van der Waals surface area (Å²) in [6.07, 6.45) is 1.97. The Morgan fingerprint density at radius 3 is 2.82 bits per heavy atom. The summed E-state index contributed by atoms with van der Waals surface area (Å²) in [5, 5.41) is 5.22. The molecule has 1 atom stereocenters. The number of piperidine rings is 1. The van der Waals surface area contributed by atoms with E-state index in [4.69, 9.17) is 11.6 Å². The van der Waals surface area contributed by atoms with Crippen molar-refractivity contribution in [3.63, 3.8) is 0 Å². The highest BCUT2D eigenvalue weighted by Crippen LogP contribution is 2.29. The highest BCUT2D eigenvalue weighted by atomic mass is 35.5. The van der Waals surface area contributed by atoms with Crippen LogP contribution in [0.1, 0.15) is 39.3 Å². The molecule has 1 aromatic carbocycles. The van der Waals surface area contributed by atoms with Crippen LogP contribution in [0.2, 0.25) is 5.02 Å². The van der Waals surface area contributed by atoms with Crippen molar-refractivity contribution in [2.45, 2.75) is 25.4 Å². The lowest BCUT2D eigenvalue weighted by Crippen LogP contribution is -2.52. The summed E-state index contributed by atoms with van der Waals surface area (Å²) < 4.78 is 0. The Morgan fingerprint density at radius 2 is 2.07 bits per heavy atom. The van der Waals surface area contributed by atoms with Gasteiger partial charge in [0.25, 0.3) is 11.8 Å². The number of amides is 4. The zero-order chi connectivity index (χ0) is 19.8. The molecule has 2 aromatic rings. The maximum Gasteiger partial charge on any atom is 0.275 e. The predicted octanol–water partition coefficient (Wildman–Crippen LogP) is 1.75. The van der Waals surface area contributed by atoms with E-state index in [1.54, 1.807) is 30.3 Å². The SMILES string of the molecule is O=C1CCC(N2Cc3cc(NC(=O)c4ncccc4Cl)ccc3C2=O)C(=O)N1. The fourth-order valence-electron chi connectivity index (χ4n) is 3.40. The smallest absolute Gasteiger partial charge is 0.275 e. The number of anilines is 1. The molecule has 0 bridgehead atoms. The fraction of sp³-hybridized carbons (Fsp3) is 0.211. The predicted molar refractivity (Wildman–Crippen MR) is 99.7 cm³/mol. The summed E-state index contributed by atoms with van der Waals surface area (Å²) in [6.45, 7) is 0.231. The van der Waals surface area contributed by atoms with E-state index in [1.165, 1.54) is 11.1 Å². The standard InChI is InChI=1S/C19H15ClN4O4/c20-13-2-1-7-21-16(13)18(27)22-11-3-4-12-10(8-11)9-24(19(12)28)14-5-6-15(25)23-17(14)26/h1-4,7-8,14H,5-6,9H2,(H,22,27)(H,23,25,26). The lowest BCUT2D eigenvalue weighted by Gasteiger charge is -2.29. The largest absolute Gasteiger partial charge is 0.322 e. The van der Waals surface area contributed by atoms with Gasteiger partial charge in [-0.15, -0.1) is 0 Å².